The number of H-pyrrole nitrogens is 1. The van der Waals surface area contributed by atoms with E-state index in [1.165, 1.54) is 83.5 Å². The van der Waals surface area contributed by atoms with Crippen molar-refractivity contribution in [2.45, 2.75) is 82.6 Å². The molecular formula is C82H76BrCl2N4NaO10. The average molecular weight is 1450 g/mol. The van der Waals surface area contributed by atoms with E-state index in [-0.39, 0.29) is 60.8 Å². The molecule has 18 heteroatoms. The number of benzene rings is 8. The molecule has 0 unspecified atom stereocenters. The van der Waals surface area contributed by atoms with Crippen molar-refractivity contribution in [1.82, 2.24) is 19.5 Å². The standard InChI is InChI=1S/C41H37ClN2O5.C38H33ClN2O3.C3H5BrO2.Na.H/c1-47-31-16-18-32(25-9-14-30(42)15-10-25)34(23-31)36-20-12-27-21-28(13-19-35(27)43-36)40-39(26-7-5-4-6-8-26)33-17-11-29(41(46)49-3)22-37(33)44(40)24-38(45)48-2;1-43-29-15-17-30(23-8-13-28(39)14-9-23)32(22-29)34-19-11-25-20-26(12-18-33(25)40-34)37-36(24-6-4-3-5-7-24)31-16-10-27(38(42)44-2)21-35(31)41-37;1-6-3(5)2-4;;/h9-23,26H,4-8,24H2,1-3H3;8-22,24,41H,3-7H2,1-2H3;2H2,1H3;;/q;;;+1;-1. The van der Waals surface area contributed by atoms with Crippen LogP contribution in [0.3, 0.4) is 0 Å². The number of rotatable bonds is 15. The molecule has 14 nitrogen and oxygen atoms in total. The van der Waals surface area contributed by atoms with Gasteiger partial charge in [0.1, 0.15) is 23.4 Å². The molecule has 2 aliphatic rings. The Kier molecular flexibility index (Phi) is 24.0. The Labute approximate surface area is 623 Å². The van der Waals surface area contributed by atoms with E-state index in [4.69, 9.17) is 56.9 Å². The molecule has 14 rings (SSSR count). The Hall–Kier alpha value is -8.80. The summed E-state index contributed by atoms with van der Waals surface area (Å²) in [5.74, 6) is 0.972. The smallest absolute Gasteiger partial charge is 1.00 e. The molecule has 100 heavy (non-hydrogen) atoms. The number of hydrogen-bond acceptors (Lipinski definition) is 12. The maximum absolute atomic E-state index is 12.9. The Balaban J connectivity index is 0.000000199. The molecule has 4 aromatic heterocycles. The van der Waals surface area contributed by atoms with Gasteiger partial charge in [-0.25, -0.2) is 19.6 Å². The number of aromatic nitrogens is 4. The number of ether oxygens (including phenoxy) is 6. The second kappa shape index (κ2) is 33.1. The summed E-state index contributed by atoms with van der Waals surface area (Å²) in [4.78, 5) is 61.6. The summed E-state index contributed by atoms with van der Waals surface area (Å²) in [6.07, 6.45) is 11.8. The first-order chi connectivity index (χ1) is 48.2. The number of nitrogens with one attached hydrogen (secondary N) is 1. The topological polar surface area (TPSA) is 170 Å². The third-order valence-corrected chi connectivity index (χ3v) is 19.9. The third-order valence-electron chi connectivity index (χ3n) is 18.9. The molecule has 0 aliphatic heterocycles. The van der Waals surface area contributed by atoms with E-state index in [0.717, 1.165) is 143 Å². The molecule has 1 N–H and O–H groups in total. The van der Waals surface area contributed by atoms with Gasteiger partial charge >= 0.3 is 53.4 Å². The minimum absolute atomic E-state index is 0. The van der Waals surface area contributed by atoms with Gasteiger partial charge in [0.05, 0.1) is 87.4 Å². The molecule has 0 spiro atoms. The van der Waals surface area contributed by atoms with E-state index in [2.05, 4.69) is 86.3 Å². The van der Waals surface area contributed by atoms with Crippen LogP contribution in [0, 0.1) is 0 Å². The quantitative estimate of drug-likeness (QED) is 0.0447. The van der Waals surface area contributed by atoms with Crippen LogP contribution in [-0.2, 0) is 35.1 Å². The number of pyridine rings is 2. The van der Waals surface area contributed by atoms with Gasteiger partial charge in [-0.05, 0) is 191 Å². The Morgan fingerprint density at radius 2 is 0.950 bits per heavy atom. The van der Waals surface area contributed by atoms with Crippen LogP contribution < -0.4 is 39.0 Å². The number of aromatic amines is 1. The number of esters is 4. The number of methoxy groups -OCH3 is 6. The molecule has 0 atom stereocenters. The normalized spacial score (nSPS) is 13.1. The Morgan fingerprint density at radius 3 is 1.43 bits per heavy atom. The van der Waals surface area contributed by atoms with E-state index >= 15 is 0 Å². The van der Waals surface area contributed by atoms with Gasteiger partial charge in [0.25, 0.3) is 0 Å². The summed E-state index contributed by atoms with van der Waals surface area (Å²) in [7, 11) is 8.88. The van der Waals surface area contributed by atoms with Crippen molar-refractivity contribution in [3.8, 4) is 78.8 Å². The molecule has 8 aromatic carbocycles. The van der Waals surface area contributed by atoms with Crippen molar-refractivity contribution >= 4 is 107 Å². The van der Waals surface area contributed by atoms with Crippen LogP contribution in [0.5, 0.6) is 11.5 Å². The minimum atomic E-state index is -0.420. The second-order valence-electron chi connectivity index (χ2n) is 24.7. The molecule has 506 valence electrons. The molecule has 2 fully saturated rings. The van der Waals surface area contributed by atoms with Crippen LogP contribution in [0.1, 0.15) is 109 Å². The van der Waals surface area contributed by atoms with E-state index < -0.39 is 5.97 Å². The molecule has 0 amide bonds. The minimum Gasteiger partial charge on any atom is -1.00 e. The largest absolute Gasteiger partial charge is 1.00 e. The average Bonchev–Trinajstić information content (AvgIpc) is 1.61. The van der Waals surface area contributed by atoms with Crippen LogP contribution in [0.25, 0.3) is 111 Å². The van der Waals surface area contributed by atoms with Crippen LogP contribution in [0.4, 0.5) is 0 Å². The zero-order chi connectivity index (χ0) is 69.3. The van der Waals surface area contributed by atoms with Crippen molar-refractivity contribution in [1.29, 1.82) is 0 Å². The fourth-order valence-electron chi connectivity index (χ4n) is 14.0. The molecule has 4 heterocycles. The predicted molar refractivity (Wildman–Crippen MR) is 400 cm³/mol. The van der Waals surface area contributed by atoms with Gasteiger partial charge in [0.2, 0.25) is 0 Å². The fraction of sp³-hybridized carbons (Fsp3) is 0.244. The van der Waals surface area contributed by atoms with Crippen LogP contribution in [0.15, 0.2) is 182 Å². The van der Waals surface area contributed by atoms with Crippen LogP contribution in [-0.4, -0.2) is 91.4 Å². The van der Waals surface area contributed by atoms with Crippen molar-refractivity contribution in [3.05, 3.63) is 214 Å². The molecule has 2 aliphatic carbocycles. The number of fused-ring (bicyclic) bond motifs is 4. The van der Waals surface area contributed by atoms with Gasteiger partial charge in [-0.1, -0.05) is 150 Å². The van der Waals surface area contributed by atoms with Crippen molar-refractivity contribution in [2.75, 3.05) is 48.0 Å². The summed E-state index contributed by atoms with van der Waals surface area (Å²) in [6, 6.07) is 60.4. The zero-order valence-corrected chi connectivity index (χ0v) is 62.1. The first kappa shape index (κ1) is 72.5. The monoisotopic (exact) mass is 1450 g/mol. The molecule has 0 bridgehead atoms. The van der Waals surface area contributed by atoms with Crippen molar-refractivity contribution < 1.29 is 78.6 Å². The summed E-state index contributed by atoms with van der Waals surface area (Å²) in [6.45, 7) is 0.0121. The number of halogens is 3. The first-order valence-electron chi connectivity index (χ1n) is 33.1. The molecule has 12 aromatic rings. The summed E-state index contributed by atoms with van der Waals surface area (Å²) >= 11 is 15.3. The summed E-state index contributed by atoms with van der Waals surface area (Å²) in [5, 5.41) is 5.92. The van der Waals surface area contributed by atoms with Gasteiger partial charge in [0.15, 0.2) is 0 Å². The number of hydrogen-bond donors (Lipinski definition) is 1. The molecule has 0 saturated heterocycles. The van der Waals surface area contributed by atoms with Gasteiger partial charge in [0, 0.05) is 53.9 Å². The second-order valence-corrected chi connectivity index (χ2v) is 26.2. The molecule has 2 saturated carbocycles. The van der Waals surface area contributed by atoms with E-state index in [0.29, 0.717) is 33.0 Å². The Bertz CT molecular complexity index is 4990. The van der Waals surface area contributed by atoms with E-state index in [9.17, 15) is 19.2 Å². The van der Waals surface area contributed by atoms with Gasteiger partial charge in [-0.15, -0.1) is 0 Å². The van der Waals surface area contributed by atoms with Gasteiger partial charge in [-0.3, -0.25) is 9.59 Å². The third kappa shape index (κ3) is 15.9. The summed E-state index contributed by atoms with van der Waals surface area (Å²) in [5.41, 5.74) is 19.1. The van der Waals surface area contributed by atoms with E-state index in [1.54, 1.807) is 14.2 Å². The zero-order valence-electron chi connectivity index (χ0n) is 58.0. The van der Waals surface area contributed by atoms with Crippen molar-refractivity contribution in [3.63, 3.8) is 0 Å². The van der Waals surface area contributed by atoms with Gasteiger partial charge in [-0.2, -0.15) is 0 Å². The summed E-state index contributed by atoms with van der Waals surface area (Å²) < 4.78 is 32.6. The SMILES string of the molecule is COC(=O)CBr.COC(=O)Cn1c(-c2ccc3nc(-c4cc(OC)ccc4-c4ccc(Cl)cc4)ccc3c2)c(C2CCCCC2)c2ccc(C(=O)OC)cc21.COC(=O)c1ccc2c(C3CCCCC3)c(-c3ccc4nc(-c5cc(OC)ccc5-c5ccc(Cl)cc5)ccc4c3)[nH]c2c1.[H-].[Na+]. The predicted octanol–water partition coefficient (Wildman–Crippen LogP) is 17.7. The first-order valence-corrected chi connectivity index (χ1v) is 35.0. The number of nitrogens with zero attached hydrogens (tertiary/aromatic N) is 3. The van der Waals surface area contributed by atoms with Crippen molar-refractivity contribution in [2.24, 2.45) is 0 Å². The number of alkyl halides is 1. The van der Waals surface area contributed by atoms with Crippen LogP contribution in [0.2, 0.25) is 10.0 Å². The maximum atomic E-state index is 12.9. The Morgan fingerprint density at radius 1 is 0.480 bits per heavy atom. The number of carbonyl (C=O) groups is 4. The number of carbonyl (C=O) groups excluding carboxylic acids is 4. The fourth-order valence-corrected chi connectivity index (χ4v) is 14.5. The van der Waals surface area contributed by atoms with Gasteiger partial charge < -0.3 is 39.4 Å². The maximum Gasteiger partial charge on any atom is 1.00 e. The van der Waals surface area contributed by atoms with E-state index in [1.807, 2.05) is 126 Å². The molecular weight excluding hydrogens is 1370 g/mol. The molecule has 0 radical (unpaired) electrons. The van der Waals surface area contributed by atoms with Crippen LogP contribution >= 0.6 is 39.1 Å².